The maximum absolute atomic E-state index is 9.04. The molecule has 0 fully saturated rings. The van der Waals surface area contributed by atoms with Crippen molar-refractivity contribution in [1.29, 1.82) is 5.26 Å². The number of nitrogens with zero attached hydrogens (tertiary/aromatic N) is 4. The minimum Gasteiger partial charge on any atom is -0.469 e. The number of oxazole rings is 1. The van der Waals surface area contributed by atoms with E-state index in [9.17, 15) is 0 Å². The molecule has 0 saturated heterocycles. The van der Waals surface area contributed by atoms with Gasteiger partial charge >= 0.3 is 0 Å². The van der Waals surface area contributed by atoms with Gasteiger partial charge in [-0.05, 0) is 36.1 Å². The summed E-state index contributed by atoms with van der Waals surface area (Å²) in [4.78, 5) is 8.32. The number of nitriles is 1. The van der Waals surface area contributed by atoms with Crippen molar-refractivity contribution in [3.8, 4) is 23.4 Å². The van der Waals surface area contributed by atoms with Crippen molar-refractivity contribution in [2.24, 2.45) is 0 Å². The number of benzene rings is 1. The average Bonchev–Trinajstić information content (AvgIpc) is 3.40. The number of aryl methyl sites for hydroxylation is 1. The van der Waals surface area contributed by atoms with Gasteiger partial charge in [-0.2, -0.15) is 10.4 Å². The van der Waals surface area contributed by atoms with Crippen LogP contribution in [0, 0.1) is 11.3 Å². The van der Waals surface area contributed by atoms with Crippen LogP contribution in [0.5, 0.6) is 5.88 Å². The van der Waals surface area contributed by atoms with E-state index in [1.165, 1.54) is 12.0 Å². The van der Waals surface area contributed by atoms with E-state index in [0.29, 0.717) is 22.9 Å². The number of ether oxygens (including phenoxy) is 1. The van der Waals surface area contributed by atoms with Gasteiger partial charge in [-0.1, -0.05) is 6.07 Å². The van der Waals surface area contributed by atoms with Crippen LogP contribution in [0.3, 0.4) is 0 Å². The topological polar surface area (TPSA) is 101 Å². The van der Waals surface area contributed by atoms with Crippen molar-refractivity contribution >= 4 is 10.9 Å². The Balaban J connectivity index is 1.48. The average molecular weight is 343 g/mol. The lowest BCUT2D eigenvalue weighted by Crippen LogP contribution is -2.04. The fourth-order valence-electron chi connectivity index (χ4n) is 3.40. The van der Waals surface area contributed by atoms with Crippen LogP contribution in [-0.4, -0.2) is 20.2 Å². The fourth-order valence-corrected chi connectivity index (χ4v) is 3.40. The second kappa shape index (κ2) is 5.70. The molecule has 26 heavy (non-hydrogen) atoms. The first kappa shape index (κ1) is 14.7. The number of aromatic amines is 1. The number of rotatable bonds is 3. The SMILES string of the molecule is N#Cc1ccc2c(c1)CCC2Oc1cc2c(-c3cnco3)n[nH]c2cn1. The Morgan fingerprint density at radius 1 is 1.27 bits per heavy atom. The number of fused-ring (bicyclic) bond motifs is 2. The first-order chi connectivity index (χ1) is 12.8. The van der Waals surface area contributed by atoms with Gasteiger partial charge in [0.05, 0.1) is 29.5 Å². The summed E-state index contributed by atoms with van der Waals surface area (Å²) in [5, 5.41) is 17.1. The Labute approximate surface area is 148 Å². The number of aromatic nitrogens is 4. The molecule has 5 rings (SSSR count). The molecule has 3 aromatic heterocycles. The van der Waals surface area contributed by atoms with Gasteiger partial charge in [0, 0.05) is 11.5 Å². The minimum atomic E-state index is -0.0664. The van der Waals surface area contributed by atoms with Gasteiger partial charge in [0.2, 0.25) is 5.88 Å². The summed E-state index contributed by atoms with van der Waals surface area (Å²) in [5.41, 5.74) is 4.44. The Bertz CT molecular complexity index is 1140. The van der Waals surface area contributed by atoms with Gasteiger partial charge in [0.15, 0.2) is 12.2 Å². The second-order valence-corrected chi connectivity index (χ2v) is 6.18. The maximum Gasteiger partial charge on any atom is 0.214 e. The zero-order valence-electron chi connectivity index (χ0n) is 13.6. The lowest BCUT2D eigenvalue weighted by molar-refractivity contribution is 0.199. The molecule has 4 aromatic rings. The number of nitrogens with one attached hydrogen (secondary N) is 1. The summed E-state index contributed by atoms with van der Waals surface area (Å²) in [6.45, 7) is 0. The molecular weight excluding hydrogens is 330 g/mol. The number of pyridine rings is 1. The highest BCUT2D eigenvalue weighted by Gasteiger charge is 2.25. The molecule has 1 atom stereocenters. The highest BCUT2D eigenvalue weighted by atomic mass is 16.5. The highest BCUT2D eigenvalue weighted by molar-refractivity contribution is 5.91. The van der Waals surface area contributed by atoms with E-state index in [1.807, 2.05) is 24.3 Å². The Morgan fingerprint density at radius 2 is 2.23 bits per heavy atom. The molecule has 1 aromatic carbocycles. The molecule has 126 valence electrons. The van der Waals surface area contributed by atoms with E-state index < -0.39 is 0 Å². The van der Waals surface area contributed by atoms with Crippen molar-refractivity contribution < 1.29 is 9.15 Å². The van der Waals surface area contributed by atoms with E-state index in [1.54, 1.807) is 12.4 Å². The predicted octanol–water partition coefficient (Wildman–Crippen LogP) is 3.55. The van der Waals surface area contributed by atoms with Gasteiger partial charge in [-0.25, -0.2) is 9.97 Å². The Kier molecular flexibility index (Phi) is 3.22. The molecule has 7 heteroatoms. The van der Waals surface area contributed by atoms with Crippen molar-refractivity contribution in [2.75, 3.05) is 0 Å². The summed E-state index contributed by atoms with van der Waals surface area (Å²) in [6, 6.07) is 9.78. The van der Waals surface area contributed by atoms with Gasteiger partial charge in [-0.15, -0.1) is 0 Å². The van der Waals surface area contributed by atoms with Crippen LogP contribution in [0.25, 0.3) is 22.4 Å². The fraction of sp³-hybridized carbons (Fsp3) is 0.158. The highest BCUT2D eigenvalue weighted by Crippen LogP contribution is 2.36. The molecule has 1 unspecified atom stereocenters. The van der Waals surface area contributed by atoms with Crippen molar-refractivity contribution in [3.63, 3.8) is 0 Å². The Morgan fingerprint density at radius 3 is 3.08 bits per heavy atom. The number of hydrogen-bond donors (Lipinski definition) is 1. The lowest BCUT2D eigenvalue weighted by Gasteiger charge is -2.14. The molecule has 0 spiro atoms. The molecule has 1 N–H and O–H groups in total. The van der Waals surface area contributed by atoms with Crippen molar-refractivity contribution in [3.05, 3.63) is 59.7 Å². The molecular formula is C19H13N5O2. The van der Waals surface area contributed by atoms with E-state index >= 15 is 0 Å². The van der Waals surface area contributed by atoms with Crippen molar-refractivity contribution in [1.82, 2.24) is 20.2 Å². The van der Waals surface area contributed by atoms with E-state index in [2.05, 4.69) is 26.2 Å². The van der Waals surface area contributed by atoms with Gasteiger partial charge < -0.3 is 9.15 Å². The molecule has 0 amide bonds. The molecule has 0 aliphatic heterocycles. The predicted molar refractivity (Wildman–Crippen MR) is 92.2 cm³/mol. The van der Waals surface area contributed by atoms with Crippen molar-refractivity contribution in [2.45, 2.75) is 18.9 Å². The van der Waals surface area contributed by atoms with Crippen LogP contribution >= 0.6 is 0 Å². The first-order valence-corrected chi connectivity index (χ1v) is 8.24. The van der Waals surface area contributed by atoms with Crippen LogP contribution in [0.2, 0.25) is 0 Å². The van der Waals surface area contributed by atoms with Crippen LogP contribution in [0.4, 0.5) is 0 Å². The third-order valence-electron chi connectivity index (χ3n) is 4.65. The maximum atomic E-state index is 9.04. The molecule has 7 nitrogen and oxygen atoms in total. The van der Waals surface area contributed by atoms with Crippen LogP contribution in [0.1, 0.15) is 29.2 Å². The largest absolute Gasteiger partial charge is 0.469 e. The minimum absolute atomic E-state index is 0.0664. The standard InChI is InChI=1S/C19H13N5O2/c20-7-11-1-3-13-12(5-11)2-4-16(13)26-18-6-14-15(8-22-18)23-24-19(14)17-9-21-10-25-17/h1,3,5-6,8-10,16H,2,4H2,(H,23,24). The summed E-state index contributed by atoms with van der Waals surface area (Å²) in [6.07, 6.45) is 6.39. The molecule has 0 bridgehead atoms. The van der Waals surface area contributed by atoms with Crippen LogP contribution in [0.15, 0.2) is 47.5 Å². The molecule has 0 radical (unpaired) electrons. The molecule has 0 saturated carbocycles. The van der Waals surface area contributed by atoms with E-state index in [4.69, 9.17) is 14.4 Å². The van der Waals surface area contributed by atoms with E-state index in [-0.39, 0.29) is 6.10 Å². The normalized spacial score (nSPS) is 15.7. The third-order valence-corrected chi connectivity index (χ3v) is 4.65. The Hall–Kier alpha value is -3.66. The smallest absolute Gasteiger partial charge is 0.214 e. The lowest BCUT2D eigenvalue weighted by atomic mass is 10.1. The second-order valence-electron chi connectivity index (χ2n) is 6.18. The summed E-state index contributed by atoms with van der Waals surface area (Å²) < 4.78 is 11.5. The van der Waals surface area contributed by atoms with Gasteiger partial charge in [0.25, 0.3) is 0 Å². The summed E-state index contributed by atoms with van der Waals surface area (Å²) >= 11 is 0. The van der Waals surface area contributed by atoms with Crippen LogP contribution in [-0.2, 0) is 6.42 Å². The summed E-state index contributed by atoms with van der Waals surface area (Å²) in [5.74, 6) is 1.12. The molecule has 1 aliphatic carbocycles. The third kappa shape index (κ3) is 2.31. The monoisotopic (exact) mass is 343 g/mol. The van der Waals surface area contributed by atoms with Gasteiger partial charge in [-0.3, -0.25) is 5.10 Å². The molecule has 1 aliphatic rings. The quantitative estimate of drug-likeness (QED) is 0.610. The van der Waals surface area contributed by atoms with E-state index in [0.717, 1.165) is 29.3 Å². The van der Waals surface area contributed by atoms with Gasteiger partial charge in [0.1, 0.15) is 11.8 Å². The summed E-state index contributed by atoms with van der Waals surface area (Å²) in [7, 11) is 0. The number of H-pyrrole nitrogens is 1. The van der Waals surface area contributed by atoms with Crippen LogP contribution < -0.4 is 4.74 Å². The zero-order chi connectivity index (χ0) is 17.5. The zero-order valence-corrected chi connectivity index (χ0v) is 13.6. The first-order valence-electron chi connectivity index (χ1n) is 8.24. The number of hydrogen-bond acceptors (Lipinski definition) is 6. The molecule has 3 heterocycles.